The average molecular weight is 198 g/mol. The molecule has 0 amide bonds. The van der Waals surface area contributed by atoms with E-state index < -0.39 is 0 Å². The second-order valence-electron chi connectivity index (χ2n) is 1.70. The molecular formula is C5H14N2O2S2. The molecule has 6 N–H and O–H groups in total. The van der Waals surface area contributed by atoms with Gasteiger partial charge in [-0.3, -0.25) is 0 Å². The van der Waals surface area contributed by atoms with Crippen molar-refractivity contribution in [2.75, 3.05) is 26.3 Å². The SMILES string of the molecule is OCCN(CCO)C(=S)[S-].[NH4+]. The molecule has 0 aliphatic heterocycles. The molecule has 6 heteroatoms. The molecule has 0 bridgehead atoms. The van der Waals surface area contributed by atoms with Gasteiger partial charge >= 0.3 is 0 Å². The summed E-state index contributed by atoms with van der Waals surface area (Å²) in [5.74, 6) is 0. The fraction of sp³-hybridized carbons (Fsp3) is 0.800. The molecular weight excluding hydrogens is 184 g/mol. The zero-order valence-electron chi connectivity index (χ0n) is 6.49. The second kappa shape index (κ2) is 8.09. The molecule has 0 spiro atoms. The number of thiocarbonyl (C=S) groups is 1. The smallest absolute Gasteiger partial charge is 0.0606 e. The van der Waals surface area contributed by atoms with E-state index in [1.54, 1.807) is 4.90 Å². The summed E-state index contributed by atoms with van der Waals surface area (Å²) < 4.78 is 0.295. The highest BCUT2D eigenvalue weighted by Crippen LogP contribution is 1.88. The standard InChI is InChI=1S/C5H11NO2S2.H3N/c7-3-1-6(2-4-8)5(9)10;/h7-8H,1-4H2,(H,9,10);1H3. The summed E-state index contributed by atoms with van der Waals surface area (Å²) in [7, 11) is 0. The van der Waals surface area contributed by atoms with Crippen molar-refractivity contribution in [3.8, 4) is 0 Å². The summed E-state index contributed by atoms with van der Waals surface area (Å²) in [6.45, 7) is 0.833. The molecule has 0 saturated carbocycles. The number of hydrogen-bond donors (Lipinski definition) is 3. The Morgan fingerprint density at radius 1 is 1.27 bits per heavy atom. The third-order valence-electron chi connectivity index (χ3n) is 0.998. The minimum atomic E-state index is 0. The summed E-state index contributed by atoms with van der Waals surface area (Å²) in [6.07, 6.45) is 0. The van der Waals surface area contributed by atoms with Gasteiger partial charge in [0.1, 0.15) is 0 Å². The Labute approximate surface area is 77.2 Å². The molecule has 0 atom stereocenters. The number of nitrogens with zero attached hydrogens (tertiary/aromatic N) is 1. The molecule has 4 nitrogen and oxygen atoms in total. The third-order valence-corrected chi connectivity index (χ3v) is 1.51. The normalized spacial score (nSPS) is 8.55. The molecule has 0 aromatic heterocycles. The lowest BCUT2D eigenvalue weighted by atomic mass is 10.5. The first-order valence-electron chi connectivity index (χ1n) is 2.90. The lowest BCUT2D eigenvalue weighted by Gasteiger charge is -2.26. The predicted molar refractivity (Wildman–Crippen MR) is 51.7 cm³/mol. The second-order valence-corrected chi connectivity index (χ2v) is 2.73. The Morgan fingerprint density at radius 2 is 1.64 bits per heavy atom. The molecule has 0 fully saturated rings. The Bertz CT molecular complexity index is 107. The Morgan fingerprint density at radius 3 is 1.82 bits per heavy atom. The summed E-state index contributed by atoms with van der Waals surface area (Å²) in [5.41, 5.74) is 0. The van der Waals surface area contributed by atoms with Gasteiger partial charge in [0, 0.05) is 13.1 Å². The quantitative estimate of drug-likeness (QED) is 0.418. The van der Waals surface area contributed by atoms with E-state index in [1.165, 1.54) is 0 Å². The van der Waals surface area contributed by atoms with Crippen molar-refractivity contribution in [2.45, 2.75) is 0 Å². The van der Waals surface area contributed by atoms with Crippen molar-refractivity contribution in [2.24, 2.45) is 0 Å². The summed E-state index contributed by atoms with van der Waals surface area (Å²) >= 11 is 9.33. The minimum Gasteiger partial charge on any atom is -0.411 e. The van der Waals surface area contributed by atoms with E-state index in [2.05, 4.69) is 24.8 Å². The van der Waals surface area contributed by atoms with Crippen LogP contribution in [-0.2, 0) is 12.6 Å². The van der Waals surface area contributed by atoms with E-state index >= 15 is 0 Å². The molecule has 0 aliphatic carbocycles. The number of rotatable bonds is 4. The van der Waals surface area contributed by atoms with Crippen molar-refractivity contribution < 1.29 is 10.2 Å². The number of quaternary nitrogens is 1. The predicted octanol–water partition coefficient (Wildman–Crippen LogP) is -0.519. The highest BCUT2D eigenvalue weighted by Gasteiger charge is 1.96. The highest BCUT2D eigenvalue weighted by atomic mass is 32.1. The fourth-order valence-electron chi connectivity index (χ4n) is 0.536. The monoisotopic (exact) mass is 198 g/mol. The lowest BCUT2D eigenvalue weighted by Crippen LogP contribution is -2.33. The number of aliphatic hydroxyl groups is 2. The summed E-state index contributed by atoms with van der Waals surface area (Å²) in [6, 6.07) is 0. The molecule has 0 rings (SSSR count). The van der Waals surface area contributed by atoms with Gasteiger partial charge in [0.2, 0.25) is 0 Å². The summed E-state index contributed by atoms with van der Waals surface area (Å²) in [4.78, 5) is 1.57. The van der Waals surface area contributed by atoms with Crippen molar-refractivity contribution in [1.29, 1.82) is 0 Å². The van der Waals surface area contributed by atoms with Crippen LogP contribution in [-0.4, -0.2) is 45.7 Å². The van der Waals surface area contributed by atoms with Crippen molar-refractivity contribution >= 4 is 29.2 Å². The van der Waals surface area contributed by atoms with Crippen LogP contribution in [0.1, 0.15) is 0 Å². The van der Waals surface area contributed by atoms with E-state index in [-0.39, 0.29) is 19.4 Å². The first-order valence-corrected chi connectivity index (χ1v) is 3.71. The maximum atomic E-state index is 8.48. The molecule has 0 saturated heterocycles. The zero-order valence-corrected chi connectivity index (χ0v) is 8.12. The van der Waals surface area contributed by atoms with Crippen molar-refractivity contribution in [1.82, 2.24) is 11.1 Å². The molecule has 0 aliphatic rings. The highest BCUT2D eigenvalue weighted by molar-refractivity contribution is 8.00. The van der Waals surface area contributed by atoms with E-state index in [0.29, 0.717) is 17.4 Å². The van der Waals surface area contributed by atoms with Crippen molar-refractivity contribution in [3.63, 3.8) is 0 Å². The molecule has 0 aromatic carbocycles. The van der Waals surface area contributed by atoms with Crippen LogP contribution < -0.4 is 6.15 Å². The maximum Gasteiger partial charge on any atom is 0.0606 e. The van der Waals surface area contributed by atoms with Gasteiger partial charge in [-0.25, -0.2) is 0 Å². The van der Waals surface area contributed by atoms with Gasteiger partial charge < -0.3 is 46.1 Å². The summed E-state index contributed by atoms with van der Waals surface area (Å²) in [5, 5.41) is 17.0. The van der Waals surface area contributed by atoms with Gasteiger partial charge in [0.15, 0.2) is 0 Å². The molecule has 0 radical (unpaired) electrons. The van der Waals surface area contributed by atoms with Gasteiger partial charge in [-0.1, -0.05) is 4.32 Å². The number of hydrogen-bond acceptors (Lipinski definition) is 4. The van der Waals surface area contributed by atoms with E-state index in [4.69, 9.17) is 10.2 Å². The van der Waals surface area contributed by atoms with Crippen LogP contribution in [0.25, 0.3) is 0 Å². The molecule has 11 heavy (non-hydrogen) atoms. The van der Waals surface area contributed by atoms with E-state index in [1.807, 2.05) is 0 Å². The van der Waals surface area contributed by atoms with Crippen LogP contribution in [0.2, 0.25) is 0 Å². The fourth-order valence-corrected chi connectivity index (χ4v) is 0.901. The Hall–Kier alpha value is -0.0100. The van der Waals surface area contributed by atoms with Crippen LogP contribution in [0.5, 0.6) is 0 Å². The minimum absolute atomic E-state index is 0. The van der Waals surface area contributed by atoms with E-state index in [9.17, 15) is 0 Å². The molecule has 0 unspecified atom stereocenters. The van der Waals surface area contributed by atoms with Crippen LogP contribution >= 0.6 is 12.2 Å². The zero-order chi connectivity index (χ0) is 7.98. The van der Waals surface area contributed by atoms with Gasteiger partial charge in [-0.15, -0.1) is 0 Å². The van der Waals surface area contributed by atoms with Gasteiger partial charge in [-0.05, 0) is 0 Å². The topological polar surface area (TPSA) is 80.2 Å². The van der Waals surface area contributed by atoms with Crippen molar-refractivity contribution in [3.05, 3.63) is 0 Å². The molecule has 0 aromatic rings. The van der Waals surface area contributed by atoms with Gasteiger partial charge in [0.25, 0.3) is 0 Å². The number of aliphatic hydroxyl groups excluding tert-OH is 2. The third kappa shape index (κ3) is 6.39. The average Bonchev–Trinajstić information content (AvgIpc) is 1.87. The lowest BCUT2D eigenvalue weighted by molar-refractivity contribution is 0.216. The van der Waals surface area contributed by atoms with E-state index in [0.717, 1.165) is 0 Å². The van der Waals surface area contributed by atoms with Crippen LogP contribution in [0.3, 0.4) is 0 Å². The molecule has 68 valence electrons. The first-order chi connectivity index (χ1) is 4.72. The van der Waals surface area contributed by atoms with Crippen LogP contribution in [0, 0.1) is 0 Å². The Kier molecular flexibility index (Phi) is 9.98. The Balaban J connectivity index is 0. The molecule has 0 heterocycles. The van der Waals surface area contributed by atoms with Crippen LogP contribution in [0.4, 0.5) is 0 Å². The largest absolute Gasteiger partial charge is 0.411 e. The van der Waals surface area contributed by atoms with Crippen LogP contribution in [0.15, 0.2) is 0 Å². The van der Waals surface area contributed by atoms with Gasteiger partial charge in [0.05, 0.1) is 13.2 Å². The van der Waals surface area contributed by atoms with Gasteiger partial charge in [-0.2, -0.15) is 0 Å². The maximum absolute atomic E-state index is 8.48. The first kappa shape index (κ1) is 13.6.